The number of carbonyl (C=O) groups is 1. The van der Waals surface area contributed by atoms with Gasteiger partial charge in [-0.2, -0.15) is 0 Å². The van der Waals surface area contributed by atoms with Crippen LogP contribution >= 0.6 is 0 Å². The normalized spacial score (nSPS) is 11.2. The number of nitrogens with zero attached hydrogens (tertiary/aromatic N) is 6. The lowest BCUT2D eigenvalue weighted by Crippen LogP contribution is -2.25. The molecule has 0 saturated carbocycles. The topological polar surface area (TPSA) is 95.3 Å². The van der Waals surface area contributed by atoms with Crippen LogP contribution in [0.1, 0.15) is 44.3 Å². The largest absolute Gasteiger partial charge is 0.507 e. The number of benzene rings is 1. The van der Waals surface area contributed by atoms with Gasteiger partial charge >= 0.3 is 0 Å². The molecule has 0 unspecified atom stereocenters. The van der Waals surface area contributed by atoms with Gasteiger partial charge < -0.3 is 5.11 Å². The minimum Gasteiger partial charge on any atom is -0.507 e. The number of aromatic nitrogens is 4. The predicted molar refractivity (Wildman–Crippen MR) is 156 cm³/mol. The van der Waals surface area contributed by atoms with Crippen LogP contribution < -0.4 is 0 Å². The van der Waals surface area contributed by atoms with E-state index < -0.39 is 0 Å². The molecule has 8 heteroatoms. The van der Waals surface area contributed by atoms with Gasteiger partial charge in [0.2, 0.25) is 0 Å². The maximum atomic E-state index is 12.0. The molecule has 1 aromatic carbocycles. The molecule has 5 rings (SSSR count). The van der Waals surface area contributed by atoms with Gasteiger partial charge in [0.1, 0.15) is 12.0 Å². The molecule has 8 nitrogen and oxygen atoms in total. The van der Waals surface area contributed by atoms with Crippen LogP contribution in [-0.2, 0) is 39.3 Å². The molecule has 0 aliphatic rings. The monoisotopic (exact) mass is 544 g/mol. The highest BCUT2D eigenvalue weighted by Crippen LogP contribution is 2.29. The van der Waals surface area contributed by atoms with E-state index in [9.17, 15) is 9.90 Å². The summed E-state index contributed by atoms with van der Waals surface area (Å²) in [5.74, 6) is 0.176. The van der Waals surface area contributed by atoms with Crippen LogP contribution in [0.3, 0.4) is 0 Å². The van der Waals surface area contributed by atoms with E-state index in [1.54, 1.807) is 36.9 Å². The van der Waals surface area contributed by atoms with Crippen molar-refractivity contribution in [2.45, 2.75) is 39.3 Å². The van der Waals surface area contributed by atoms with E-state index in [1.807, 2.05) is 72.8 Å². The predicted octanol–water partition coefficient (Wildman–Crippen LogP) is 5.19. The Morgan fingerprint density at radius 2 is 0.878 bits per heavy atom. The molecule has 0 amide bonds. The molecule has 0 spiro atoms. The van der Waals surface area contributed by atoms with Crippen molar-refractivity contribution in [1.82, 2.24) is 29.7 Å². The summed E-state index contributed by atoms with van der Waals surface area (Å²) < 4.78 is 0. The van der Waals surface area contributed by atoms with E-state index in [-0.39, 0.29) is 5.75 Å². The minimum atomic E-state index is 0.176. The molecule has 41 heavy (non-hydrogen) atoms. The first-order valence-corrected chi connectivity index (χ1v) is 13.5. The van der Waals surface area contributed by atoms with Crippen molar-refractivity contribution >= 4 is 6.29 Å². The zero-order valence-corrected chi connectivity index (χ0v) is 22.8. The highest BCUT2D eigenvalue weighted by molar-refractivity contribution is 5.76. The zero-order valence-electron chi connectivity index (χ0n) is 22.8. The summed E-state index contributed by atoms with van der Waals surface area (Å²) in [6, 6.07) is 26.8. The fourth-order valence-electron chi connectivity index (χ4n) is 4.80. The average molecular weight is 545 g/mol. The van der Waals surface area contributed by atoms with Crippen molar-refractivity contribution in [2.24, 2.45) is 0 Å². The van der Waals surface area contributed by atoms with E-state index in [2.05, 4.69) is 29.7 Å². The summed E-state index contributed by atoms with van der Waals surface area (Å²) in [5, 5.41) is 11.5. The number of hydrogen-bond acceptors (Lipinski definition) is 8. The average Bonchev–Trinajstić information content (AvgIpc) is 3.01. The summed E-state index contributed by atoms with van der Waals surface area (Å²) in [7, 11) is 0. The fourth-order valence-corrected chi connectivity index (χ4v) is 4.80. The number of phenolic OH excluding ortho intramolecular Hbond substituents is 1. The molecule has 0 fully saturated rings. The second-order valence-electron chi connectivity index (χ2n) is 9.88. The van der Waals surface area contributed by atoms with E-state index >= 15 is 0 Å². The van der Waals surface area contributed by atoms with Gasteiger partial charge in [-0.1, -0.05) is 24.3 Å². The highest BCUT2D eigenvalue weighted by atomic mass is 16.3. The van der Waals surface area contributed by atoms with Crippen LogP contribution in [-0.4, -0.2) is 41.1 Å². The second kappa shape index (κ2) is 14.0. The number of phenols is 1. The van der Waals surface area contributed by atoms with Crippen LogP contribution in [0, 0.1) is 0 Å². The number of pyridine rings is 4. The Morgan fingerprint density at radius 3 is 1.15 bits per heavy atom. The van der Waals surface area contributed by atoms with E-state index in [0.717, 1.165) is 29.1 Å². The van der Waals surface area contributed by atoms with Crippen LogP contribution in [0.25, 0.3) is 0 Å². The molecular weight excluding hydrogens is 512 g/mol. The molecule has 0 aliphatic carbocycles. The first-order valence-electron chi connectivity index (χ1n) is 13.5. The molecule has 4 aromatic heterocycles. The third kappa shape index (κ3) is 8.11. The Hall–Kier alpha value is -4.79. The molecule has 206 valence electrons. The molecule has 5 aromatic rings. The first kappa shape index (κ1) is 27.8. The summed E-state index contributed by atoms with van der Waals surface area (Å²) in [4.78, 5) is 34.3. The van der Waals surface area contributed by atoms with Crippen molar-refractivity contribution in [1.29, 1.82) is 0 Å². The maximum Gasteiger partial charge on any atom is 0.150 e. The van der Waals surface area contributed by atoms with Crippen molar-refractivity contribution in [3.8, 4) is 5.75 Å². The van der Waals surface area contributed by atoms with Crippen molar-refractivity contribution in [3.63, 3.8) is 0 Å². The Balaban J connectivity index is 1.43. The Morgan fingerprint density at radius 1 is 0.537 bits per heavy atom. The van der Waals surface area contributed by atoms with Crippen LogP contribution in [0.15, 0.2) is 110 Å². The SMILES string of the molecule is O=Cc1cc(CN(Cc2ccccn2)Cc2ccccn2)c(O)c(CN(Cc2ccccn2)Cc2ccccn2)c1. The van der Waals surface area contributed by atoms with Gasteiger partial charge in [-0.05, 0) is 60.7 Å². The molecule has 0 atom stereocenters. The lowest BCUT2D eigenvalue weighted by Gasteiger charge is -2.25. The summed E-state index contributed by atoms with van der Waals surface area (Å²) in [5.41, 5.74) is 5.49. The summed E-state index contributed by atoms with van der Waals surface area (Å²) in [6.07, 6.45) is 7.92. The van der Waals surface area contributed by atoms with Gasteiger partial charge in [0.05, 0.1) is 22.8 Å². The van der Waals surface area contributed by atoms with Crippen LogP contribution in [0.5, 0.6) is 5.75 Å². The van der Waals surface area contributed by atoms with Crippen molar-refractivity contribution in [2.75, 3.05) is 0 Å². The van der Waals surface area contributed by atoms with Crippen molar-refractivity contribution < 1.29 is 9.90 Å². The molecular formula is C33H32N6O2. The van der Waals surface area contributed by atoms with Gasteiger partial charge in [-0.3, -0.25) is 34.5 Å². The lowest BCUT2D eigenvalue weighted by atomic mass is 10.0. The number of aldehydes is 1. The van der Waals surface area contributed by atoms with E-state index in [4.69, 9.17) is 0 Å². The summed E-state index contributed by atoms with van der Waals surface area (Å²) in [6.45, 7) is 3.06. The number of rotatable bonds is 13. The van der Waals surface area contributed by atoms with Crippen LogP contribution in [0.4, 0.5) is 0 Å². The third-order valence-electron chi connectivity index (χ3n) is 6.66. The lowest BCUT2D eigenvalue weighted by molar-refractivity contribution is 0.112. The first-order chi connectivity index (χ1) is 20.2. The van der Waals surface area contributed by atoms with E-state index in [1.165, 1.54) is 0 Å². The molecule has 0 aliphatic heterocycles. The Labute approximate surface area is 240 Å². The highest BCUT2D eigenvalue weighted by Gasteiger charge is 2.18. The zero-order chi connectivity index (χ0) is 28.3. The second-order valence-corrected chi connectivity index (χ2v) is 9.88. The van der Waals surface area contributed by atoms with Gasteiger partial charge in [-0.15, -0.1) is 0 Å². The number of aromatic hydroxyl groups is 1. The van der Waals surface area contributed by atoms with Crippen LogP contribution in [0.2, 0.25) is 0 Å². The Kier molecular flexibility index (Phi) is 9.50. The standard InChI is InChI=1S/C33H32N6O2/c40-25-26-17-27(19-38(21-29-9-1-5-13-34-29)22-30-10-2-6-14-35-30)33(41)28(18-26)20-39(23-31-11-3-7-15-36-31)24-32-12-4-8-16-37-32/h1-18,25,41H,19-24H2. The van der Waals surface area contributed by atoms with Crippen molar-refractivity contribution in [3.05, 3.63) is 149 Å². The van der Waals surface area contributed by atoms with Gasteiger partial charge in [0, 0.05) is 80.7 Å². The quantitative estimate of drug-likeness (QED) is 0.202. The maximum absolute atomic E-state index is 12.0. The summed E-state index contributed by atoms with van der Waals surface area (Å²) >= 11 is 0. The van der Waals surface area contributed by atoms with Gasteiger partial charge in [0.15, 0.2) is 0 Å². The molecule has 1 N–H and O–H groups in total. The molecule has 0 bridgehead atoms. The minimum absolute atomic E-state index is 0.176. The molecule has 4 heterocycles. The van der Waals surface area contributed by atoms with Gasteiger partial charge in [0.25, 0.3) is 0 Å². The number of hydrogen-bond donors (Lipinski definition) is 1. The third-order valence-corrected chi connectivity index (χ3v) is 6.66. The molecule has 0 saturated heterocycles. The number of carbonyl (C=O) groups excluding carboxylic acids is 1. The smallest absolute Gasteiger partial charge is 0.150 e. The Bertz CT molecular complexity index is 1330. The van der Waals surface area contributed by atoms with Gasteiger partial charge in [-0.25, -0.2) is 0 Å². The molecule has 0 radical (unpaired) electrons. The fraction of sp³-hybridized carbons (Fsp3) is 0.182. The van der Waals surface area contributed by atoms with E-state index in [0.29, 0.717) is 56.0 Å².